The van der Waals surface area contributed by atoms with Gasteiger partial charge in [0.15, 0.2) is 0 Å². The monoisotopic (exact) mass is 402 g/mol. The third kappa shape index (κ3) is 3.27. The smallest absolute Gasteiger partial charge is 0.266 e. The molecular formula is C19H12Cl2N2O2S. The minimum absolute atomic E-state index is 0.271. The van der Waals surface area contributed by atoms with Gasteiger partial charge in [-0.2, -0.15) is 4.83 Å². The second kappa shape index (κ2) is 7.21. The number of hydrogen-bond acceptors (Lipinski definition) is 4. The topological polar surface area (TPSA) is 54.3 Å². The molecule has 1 amide bonds. The van der Waals surface area contributed by atoms with E-state index in [0.29, 0.717) is 20.5 Å². The van der Waals surface area contributed by atoms with E-state index >= 15 is 0 Å². The summed E-state index contributed by atoms with van der Waals surface area (Å²) < 4.78 is 5.77. The maximum Gasteiger partial charge on any atom is 0.266 e. The van der Waals surface area contributed by atoms with Crippen LogP contribution in [0, 0.1) is 0 Å². The van der Waals surface area contributed by atoms with Crippen LogP contribution in [0.3, 0.4) is 0 Å². The van der Waals surface area contributed by atoms with Gasteiger partial charge in [-0.1, -0.05) is 47.5 Å². The van der Waals surface area contributed by atoms with E-state index in [1.165, 1.54) is 0 Å². The van der Waals surface area contributed by atoms with Crippen LogP contribution in [-0.2, 0) is 0 Å². The van der Waals surface area contributed by atoms with E-state index in [9.17, 15) is 4.79 Å². The van der Waals surface area contributed by atoms with Crippen LogP contribution >= 0.6 is 35.1 Å². The molecule has 1 aromatic heterocycles. The van der Waals surface area contributed by atoms with E-state index in [1.807, 2.05) is 30.3 Å². The number of carbonyl (C=O) groups is 1. The van der Waals surface area contributed by atoms with E-state index in [2.05, 4.69) is 10.3 Å². The summed E-state index contributed by atoms with van der Waals surface area (Å²) in [5.74, 6) is -0.271. The first-order chi connectivity index (χ1) is 12.6. The Bertz CT molecular complexity index is 1110. The Kier molecular flexibility index (Phi) is 4.78. The summed E-state index contributed by atoms with van der Waals surface area (Å²) in [7, 11) is 0. The number of furan rings is 1. The number of fused-ring (bicyclic) bond motifs is 3. The highest BCUT2D eigenvalue weighted by Crippen LogP contribution is 2.32. The van der Waals surface area contributed by atoms with E-state index in [-0.39, 0.29) is 5.91 Å². The zero-order valence-electron chi connectivity index (χ0n) is 13.3. The fourth-order valence-electron chi connectivity index (χ4n) is 2.64. The standard InChI is InChI=1S/C19H12Cl2N2O2S/c20-14-5-3-6-15(21)18(14)26-23-22-19(24)11-8-9-17-13(10-11)12-4-1-2-7-16(12)25-17/h1-10,23H,(H,22,24). The molecule has 0 saturated carbocycles. The van der Waals surface area contributed by atoms with E-state index in [4.69, 9.17) is 27.6 Å². The number of carbonyl (C=O) groups excluding carboxylic acids is 1. The molecule has 0 unspecified atom stereocenters. The van der Waals surface area contributed by atoms with Crippen molar-refractivity contribution in [3.8, 4) is 0 Å². The van der Waals surface area contributed by atoms with Crippen LogP contribution in [-0.4, -0.2) is 5.91 Å². The second-order valence-corrected chi connectivity index (χ2v) is 7.15. The highest BCUT2D eigenvalue weighted by Gasteiger charge is 2.12. The van der Waals surface area contributed by atoms with Crippen molar-refractivity contribution in [3.05, 3.63) is 76.3 Å². The minimum atomic E-state index is -0.271. The number of hydrogen-bond donors (Lipinski definition) is 2. The molecule has 0 aliphatic carbocycles. The molecule has 4 aromatic rings. The molecule has 0 aliphatic rings. The van der Waals surface area contributed by atoms with Crippen molar-refractivity contribution in [3.63, 3.8) is 0 Å². The van der Waals surface area contributed by atoms with Gasteiger partial charge in [-0.05, 0) is 48.3 Å². The van der Waals surface area contributed by atoms with Gasteiger partial charge in [-0.25, -0.2) is 0 Å². The number of rotatable bonds is 4. The summed E-state index contributed by atoms with van der Waals surface area (Å²) in [5, 5.41) is 2.89. The molecule has 26 heavy (non-hydrogen) atoms. The Morgan fingerprint density at radius 2 is 1.62 bits per heavy atom. The van der Waals surface area contributed by atoms with Crippen LogP contribution in [0.2, 0.25) is 10.0 Å². The van der Waals surface area contributed by atoms with Gasteiger partial charge < -0.3 is 4.42 Å². The van der Waals surface area contributed by atoms with Gasteiger partial charge in [-0.3, -0.25) is 10.2 Å². The maximum atomic E-state index is 12.4. The summed E-state index contributed by atoms with van der Waals surface area (Å²) in [6, 6.07) is 18.3. The number of hydrazine groups is 1. The summed E-state index contributed by atoms with van der Waals surface area (Å²) in [6.07, 6.45) is 0. The fourth-order valence-corrected chi connectivity index (χ4v) is 3.85. The van der Waals surface area contributed by atoms with E-state index < -0.39 is 0 Å². The fraction of sp³-hybridized carbons (Fsp3) is 0. The molecule has 0 radical (unpaired) electrons. The van der Waals surface area contributed by atoms with E-state index in [1.54, 1.807) is 30.3 Å². The number of para-hydroxylation sites is 1. The van der Waals surface area contributed by atoms with Crippen molar-refractivity contribution in [1.82, 2.24) is 10.3 Å². The summed E-state index contributed by atoms with van der Waals surface area (Å²) in [4.78, 5) is 15.9. The molecule has 4 rings (SSSR count). The molecule has 0 fully saturated rings. The lowest BCUT2D eigenvalue weighted by atomic mass is 10.1. The van der Waals surface area contributed by atoms with Crippen molar-refractivity contribution in [2.24, 2.45) is 0 Å². The molecule has 0 spiro atoms. The predicted octanol–water partition coefficient (Wildman–Crippen LogP) is 5.83. The Balaban J connectivity index is 1.52. The maximum absolute atomic E-state index is 12.4. The Morgan fingerprint density at radius 3 is 2.42 bits per heavy atom. The molecule has 2 N–H and O–H groups in total. The quantitative estimate of drug-likeness (QED) is 0.332. The highest BCUT2D eigenvalue weighted by molar-refractivity contribution is 7.97. The first kappa shape index (κ1) is 17.2. The molecule has 0 aliphatic heterocycles. The van der Waals surface area contributed by atoms with Gasteiger partial charge >= 0.3 is 0 Å². The Hall–Kier alpha value is -2.18. The average Bonchev–Trinajstić information content (AvgIpc) is 3.02. The van der Waals surface area contributed by atoms with Crippen molar-refractivity contribution >= 4 is 63.0 Å². The number of amides is 1. The number of nitrogens with one attached hydrogen (secondary N) is 2. The summed E-state index contributed by atoms with van der Waals surface area (Å²) in [5.41, 5.74) is 4.69. The zero-order chi connectivity index (χ0) is 18.1. The van der Waals surface area contributed by atoms with Crippen LogP contribution < -0.4 is 10.3 Å². The molecule has 1 heterocycles. The minimum Gasteiger partial charge on any atom is -0.456 e. The first-order valence-corrected chi connectivity index (χ1v) is 9.28. The van der Waals surface area contributed by atoms with E-state index in [0.717, 1.165) is 33.9 Å². The normalized spacial score (nSPS) is 11.2. The third-order valence-corrected chi connectivity index (χ3v) is 5.58. The van der Waals surface area contributed by atoms with Gasteiger partial charge in [0.05, 0.1) is 14.9 Å². The molecule has 0 saturated heterocycles. The van der Waals surface area contributed by atoms with Crippen LogP contribution in [0.25, 0.3) is 21.9 Å². The van der Waals surface area contributed by atoms with Gasteiger partial charge in [0.2, 0.25) is 0 Å². The molecule has 130 valence electrons. The number of benzene rings is 3. The van der Waals surface area contributed by atoms with Gasteiger partial charge in [0.25, 0.3) is 5.91 Å². The molecule has 0 bridgehead atoms. The Labute approximate surface area is 163 Å². The van der Waals surface area contributed by atoms with Crippen LogP contribution in [0.4, 0.5) is 0 Å². The van der Waals surface area contributed by atoms with Crippen molar-refractivity contribution in [1.29, 1.82) is 0 Å². The first-order valence-electron chi connectivity index (χ1n) is 7.71. The molecule has 3 aromatic carbocycles. The largest absolute Gasteiger partial charge is 0.456 e. The number of halogens is 2. The third-order valence-electron chi connectivity index (χ3n) is 3.88. The molecule has 7 heteroatoms. The van der Waals surface area contributed by atoms with Crippen LogP contribution in [0.1, 0.15) is 10.4 Å². The average molecular weight is 403 g/mol. The van der Waals surface area contributed by atoms with Crippen molar-refractivity contribution < 1.29 is 9.21 Å². The predicted molar refractivity (Wildman–Crippen MR) is 107 cm³/mol. The lowest BCUT2D eigenvalue weighted by molar-refractivity contribution is 0.0947. The molecular weight excluding hydrogens is 391 g/mol. The van der Waals surface area contributed by atoms with Gasteiger partial charge in [-0.15, -0.1) is 0 Å². The summed E-state index contributed by atoms with van der Waals surface area (Å²) in [6.45, 7) is 0. The van der Waals surface area contributed by atoms with Gasteiger partial charge in [0, 0.05) is 16.3 Å². The van der Waals surface area contributed by atoms with Crippen molar-refractivity contribution in [2.75, 3.05) is 0 Å². The zero-order valence-corrected chi connectivity index (χ0v) is 15.6. The lowest BCUT2D eigenvalue weighted by Gasteiger charge is -2.09. The molecule has 4 nitrogen and oxygen atoms in total. The van der Waals surface area contributed by atoms with Crippen LogP contribution in [0.5, 0.6) is 0 Å². The van der Waals surface area contributed by atoms with Gasteiger partial charge in [0.1, 0.15) is 11.2 Å². The highest BCUT2D eigenvalue weighted by atomic mass is 35.5. The van der Waals surface area contributed by atoms with Crippen LogP contribution in [0.15, 0.2) is 70.0 Å². The lowest BCUT2D eigenvalue weighted by Crippen LogP contribution is -2.32. The second-order valence-electron chi connectivity index (χ2n) is 5.52. The molecule has 0 atom stereocenters. The SMILES string of the molecule is O=C(NNSc1c(Cl)cccc1Cl)c1ccc2oc3ccccc3c2c1. The van der Waals surface area contributed by atoms with Crippen molar-refractivity contribution in [2.45, 2.75) is 4.90 Å². The summed E-state index contributed by atoms with van der Waals surface area (Å²) >= 11 is 13.3. The Morgan fingerprint density at radius 1 is 0.885 bits per heavy atom.